The Morgan fingerprint density at radius 2 is 1.68 bits per heavy atom. The minimum Gasteiger partial charge on any atom is -0.491 e. The first-order chi connectivity index (χ1) is 8.93. The van der Waals surface area contributed by atoms with Gasteiger partial charge < -0.3 is 15.2 Å². The highest BCUT2D eigenvalue weighted by atomic mass is 16.5. The molecule has 0 saturated carbocycles. The average molecular weight is 265 g/mol. The first kappa shape index (κ1) is 16.0. The molecule has 108 valence electrons. The van der Waals surface area contributed by atoms with E-state index < -0.39 is 6.10 Å². The highest BCUT2D eigenvalue weighted by Gasteiger charge is 2.19. The number of aliphatic hydroxyl groups excluding tert-OH is 1. The zero-order valence-electron chi connectivity index (χ0n) is 12.7. The van der Waals surface area contributed by atoms with Crippen LogP contribution in [0.3, 0.4) is 0 Å². The maximum Gasteiger partial charge on any atom is 0.119 e. The first-order valence-electron chi connectivity index (χ1n) is 7.14. The van der Waals surface area contributed by atoms with Gasteiger partial charge in [0.15, 0.2) is 0 Å². The second-order valence-electron chi connectivity index (χ2n) is 5.52. The van der Waals surface area contributed by atoms with Gasteiger partial charge in [0.1, 0.15) is 5.75 Å². The van der Waals surface area contributed by atoms with Gasteiger partial charge in [-0.15, -0.1) is 0 Å². The lowest BCUT2D eigenvalue weighted by atomic mass is 9.99. The van der Waals surface area contributed by atoms with Crippen molar-refractivity contribution in [2.24, 2.45) is 0 Å². The summed E-state index contributed by atoms with van der Waals surface area (Å²) in [7, 11) is 0. The predicted octanol–water partition coefficient (Wildman–Crippen LogP) is 3.28. The van der Waals surface area contributed by atoms with E-state index in [-0.39, 0.29) is 12.1 Å². The number of nitrogens with one attached hydrogen (secondary N) is 1. The summed E-state index contributed by atoms with van der Waals surface area (Å²) in [6.45, 7) is 10.3. The molecular weight excluding hydrogens is 238 g/mol. The molecular formula is C16H27NO2. The van der Waals surface area contributed by atoms with Gasteiger partial charge in [0.2, 0.25) is 0 Å². The SMILES string of the molecule is CCC(NC(C)C)C(O)c1ccc(OC(C)C)cc1. The standard InChI is InChI=1S/C16H27NO2/c1-6-15(17-11(2)3)16(18)13-7-9-14(10-8-13)19-12(4)5/h7-12,15-18H,6H2,1-5H3. The molecule has 0 amide bonds. The number of aliphatic hydroxyl groups is 1. The topological polar surface area (TPSA) is 41.5 Å². The number of hydrogen-bond donors (Lipinski definition) is 2. The number of hydrogen-bond acceptors (Lipinski definition) is 3. The number of benzene rings is 1. The van der Waals surface area contributed by atoms with Crippen LogP contribution in [-0.2, 0) is 0 Å². The van der Waals surface area contributed by atoms with E-state index in [4.69, 9.17) is 4.74 Å². The van der Waals surface area contributed by atoms with Crippen molar-refractivity contribution in [3.05, 3.63) is 29.8 Å². The van der Waals surface area contributed by atoms with Crippen molar-refractivity contribution < 1.29 is 9.84 Å². The van der Waals surface area contributed by atoms with Crippen LogP contribution in [0.4, 0.5) is 0 Å². The summed E-state index contributed by atoms with van der Waals surface area (Å²) < 4.78 is 5.60. The maximum absolute atomic E-state index is 10.4. The maximum atomic E-state index is 10.4. The summed E-state index contributed by atoms with van der Waals surface area (Å²) in [5.41, 5.74) is 0.927. The fourth-order valence-electron chi connectivity index (χ4n) is 2.11. The van der Waals surface area contributed by atoms with Gasteiger partial charge in [-0.25, -0.2) is 0 Å². The third-order valence-corrected chi connectivity index (χ3v) is 2.96. The third-order valence-electron chi connectivity index (χ3n) is 2.96. The van der Waals surface area contributed by atoms with Gasteiger partial charge in [0.25, 0.3) is 0 Å². The summed E-state index contributed by atoms with van der Waals surface area (Å²) in [6.07, 6.45) is 0.575. The third kappa shape index (κ3) is 5.21. The van der Waals surface area contributed by atoms with E-state index >= 15 is 0 Å². The van der Waals surface area contributed by atoms with E-state index in [0.717, 1.165) is 17.7 Å². The molecule has 3 heteroatoms. The molecule has 1 rings (SSSR count). The summed E-state index contributed by atoms with van der Waals surface area (Å²) >= 11 is 0. The van der Waals surface area contributed by atoms with Gasteiger partial charge >= 0.3 is 0 Å². The van der Waals surface area contributed by atoms with Crippen molar-refractivity contribution in [1.29, 1.82) is 0 Å². The molecule has 0 spiro atoms. The highest BCUT2D eigenvalue weighted by Crippen LogP contribution is 2.22. The molecule has 0 bridgehead atoms. The van der Waals surface area contributed by atoms with Crippen LogP contribution in [0, 0.1) is 0 Å². The largest absolute Gasteiger partial charge is 0.491 e. The zero-order valence-corrected chi connectivity index (χ0v) is 12.7. The highest BCUT2D eigenvalue weighted by molar-refractivity contribution is 5.29. The van der Waals surface area contributed by atoms with Crippen LogP contribution in [0.2, 0.25) is 0 Å². The van der Waals surface area contributed by atoms with Gasteiger partial charge in [-0.2, -0.15) is 0 Å². The minimum absolute atomic E-state index is 0.0804. The molecule has 0 aromatic heterocycles. The van der Waals surface area contributed by atoms with Crippen molar-refractivity contribution in [2.45, 2.75) is 65.3 Å². The van der Waals surface area contributed by atoms with Crippen molar-refractivity contribution in [3.63, 3.8) is 0 Å². The Bertz CT molecular complexity index is 360. The average Bonchev–Trinajstić information content (AvgIpc) is 2.35. The fraction of sp³-hybridized carbons (Fsp3) is 0.625. The van der Waals surface area contributed by atoms with Crippen molar-refractivity contribution in [1.82, 2.24) is 5.32 Å². The summed E-state index contributed by atoms with van der Waals surface area (Å²) in [5.74, 6) is 0.843. The van der Waals surface area contributed by atoms with Gasteiger partial charge in [0, 0.05) is 12.1 Å². The normalized spacial score (nSPS) is 14.7. The molecule has 1 aromatic carbocycles. The van der Waals surface area contributed by atoms with Crippen molar-refractivity contribution in [2.75, 3.05) is 0 Å². The van der Waals surface area contributed by atoms with E-state index in [1.807, 2.05) is 38.1 Å². The first-order valence-corrected chi connectivity index (χ1v) is 7.14. The number of rotatable bonds is 7. The Kier molecular flexibility index (Phi) is 6.32. The van der Waals surface area contributed by atoms with E-state index in [1.165, 1.54) is 0 Å². The lowest BCUT2D eigenvalue weighted by Crippen LogP contribution is -2.38. The smallest absolute Gasteiger partial charge is 0.119 e. The Balaban J connectivity index is 2.72. The Labute approximate surface area is 117 Å². The molecule has 0 aliphatic rings. The van der Waals surface area contributed by atoms with Crippen LogP contribution in [0.1, 0.15) is 52.7 Å². The Morgan fingerprint density at radius 1 is 1.11 bits per heavy atom. The van der Waals surface area contributed by atoms with Crippen LogP contribution >= 0.6 is 0 Å². The van der Waals surface area contributed by atoms with Gasteiger partial charge in [0.05, 0.1) is 12.2 Å². The summed E-state index contributed by atoms with van der Waals surface area (Å²) in [6, 6.07) is 8.15. The van der Waals surface area contributed by atoms with Crippen LogP contribution < -0.4 is 10.1 Å². The molecule has 2 N–H and O–H groups in total. The molecule has 0 saturated heterocycles. The second-order valence-corrected chi connectivity index (χ2v) is 5.52. The van der Waals surface area contributed by atoms with E-state index in [2.05, 4.69) is 26.1 Å². The quantitative estimate of drug-likeness (QED) is 0.795. The molecule has 0 heterocycles. The molecule has 0 radical (unpaired) electrons. The van der Waals surface area contributed by atoms with Crippen LogP contribution in [0.25, 0.3) is 0 Å². The lowest BCUT2D eigenvalue weighted by Gasteiger charge is -2.25. The molecule has 2 unspecified atom stereocenters. The monoisotopic (exact) mass is 265 g/mol. The van der Waals surface area contributed by atoms with E-state index in [0.29, 0.717) is 6.04 Å². The fourth-order valence-corrected chi connectivity index (χ4v) is 2.11. The predicted molar refractivity (Wildman–Crippen MR) is 79.5 cm³/mol. The molecule has 2 atom stereocenters. The molecule has 0 fully saturated rings. The van der Waals surface area contributed by atoms with E-state index in [9.17, 15) is 5.11 Å². The van der Waals surface area contributed by atoms with Crippen molar-refractivity contribution >= 4 is 0 Å². The zero-order chi connectivity index (χ0) is 14.4. The van der Waals surface area contributed by atoms with Gasteiger partial charge in [-0.1, -0.05) is 32.9 Å². The Hall–Kier alpha value is -1.06. The second kappa shape index (κ2) is 7.51. The van der Waals surface area contributed by atoms with E-state index in [1.54, 1.807) is 0 Å². The summed E-state index contributed by atoms with van der Waals surface area (Å²) in [5, 5.41) is 13.8. The van der Waals surface area contributed by atoms with Gasteiger partial charge in [-0.05, 0) is 38.0 Å². The van der Waals surface area contributed by atoms with Crippen molar-refractivity contribution in [3.8, 4) is 5.75 Å². The summed E-state index contributed by atoms with van der Waals surface area (Å²) in [4.78, 5) is 0. The van der Waals surface area contributed by atoms with Crippen LogP contribution in [0.5, 0.6) is 5.75 Å². The molecule has 0 aliphatic heterocycles. The van der Waals surface area contributed by atoms with Crippen LogP contribution in [-0.4, -0.2) is 23.3 Å². The lowest BCUT2D eigenvalue weighted by molar-refractivity contribution is 0.121. The molecule has 0 aliphatic carbocycles. The van der Waals surface area contributed by atoms with Gasteiger partial charge in [-0.3, -0.25) is 0 Å². The van der Waals surface area contributed by atoms with Crippen LogP contribution in [0.15, 0.2) is 24.3 Å². The molecule has 1 aromatic rings. The minimum atomic E-state index is -0.486. The number of ether oxygens (including phenoxy) is 1. The Morgan fingerprint density at radius 3 is 2.11 bits per heavy atom. The molecule has 19 heavy (non-hydrogen) atoms. The molecule has 3 nitrogen and oxygen atoms in total.